The van der Waals surface area contributed by atoms with Crippen LogP contribution in [0.5, 0.6) is 0 Å². The molecule has 2 N–H and O–H groups in total. The zero-order valence-electron chi connectivity index (χ0n) is 7.15. The van der Waals surface area contributed by atoms with Crippen LogP contribution in [-0.4, -0.2) is 10.2 Å². The minimum Gasteiger partial charge on any atom is -0.419 e. The fourth-order valence-corrected chi connectivity index (χ4v) is 1.87. The highest BCUT2D eigenvalue weighted by atomic mass is 32.1. The number of aryl methyl sites for hydroxylation is 1. The number of nitrogens with two attached hydrogens (primary N) is 1. The van der Waals surface area contributed by atoms with E-state index in [1.54, 1.807) is 11.3 Å². The average molecular weight is 195 g/mol. The van der Waals surface area contributed by atoms with Crippen LogP contribution < -0.4 is 5.73 Å². The maximum Gasteiger partial charge on any atom is 0.258 e. The number of rotatable bonds is 2. The summed E-state index contributed by atoms with van der Waals surface area (Å²) in [4.78, 5) is 1.02. The van der Waals surface area contributed by atoms with Crippen molar-refractivity contribution in [3.05, 3.63) is 22.9 Å². The van der Waals surface area contributed by atoms with E-state index in [2.05, 4.69) is 10.2 Å². The van der Waals surface area contributed by atoms with E-state index in [0.717, 1.165) is 10.4 Å². The van der Waals surface area contributed by atoms with E-state index in [9.17, 15) is 0 Å². The lowest BCUT2D eigenvalue weighted by molar-refractivity contribution is 0.509. The quantitative estimate of drug-likeness (QED) is 0.789. The topological polar surface area (TPSA) is 64.9 Å². The van der Waals surface area contributed by atoms with Gasteiger partial charge in [0.25, 0.3) is 5.89 Å². The molecule has 0 aromatic carbocycles. The van der Waals surface area contributed by atoms with E-state index in [0.29, 0.717) is 11.8 Å². The van der Waals surface area contributed by atoms with Gasteiger partial charge in [-0.05, 0) is 23.9 Å². The summed E-state index contributed by atoms with van der Waals surface area (Å²) >= 11 is 1.59. The molecule has 0 radical (unpaired) electrons. The van der Waals surface area contributed by atoms with Gasteiger partial charge in [0.1, 0.15) is 0 Å². The molecular formula is C8H9N3OS. The normalized spacial score (nSPS) is 10.6. The van der Waals surface area contributed by atoms with E-state index >= 15 is 0 Å². The highest BCUT2D eigenvalue weighted by Gasteiger charge is 2.10. The first kappa shape index (κ1) is 8.40. The van der Waals surface area contributed by atoms with Gasteiger partial charge in [-0.25, -0.2) is 0 Å². The second-order valence-corrected chi connectivity index (χ2v) is 3.55. The van der Waals surface area contributed by atoms with Gasteiger partial charge in [0.2, 0.25) is 5.89 Å². The van der Waals surface area contributed by atoms with Crippen LogP contribution >= 0.6 is 11.3 Å². The highest BCUT2D eigenvalue weighted by molar-refractivity contribution is 7.13. The van der Waals surface area contributed by atoms with Crippen LogP contribution in [0.25, 0.3) is 10.8 Å². The number of hydrogen-bond donors (Lipinski definition) is 1. The van der Waals surface area contributed by atoms with Crippen LogP contribution in [-0.2, 0) is 6.54 Å². The number of thiophene rings is 1. The predicted octanol–water partition coefficient (Wildman–Crippen LogP) is 1.57. The molecule has 0 saturated heterocycles. The van der Waals surface area contributed by atoms with Gasteiger partial charge in [-0.15, -0.1) is 21.5 Å². The smallest absolute Gasteiger partial charge is 0.258 e. The summed E-state index contributed by atoms with van der Waals surface area (Å²) < 4.78 is 5.32. The van der Waals surface area contributed by atoms with Crippen molar-refractivity contribution in [3.8, 4) is 10.8 Å². The summed E-state index contributed by atoms with van der Waals surface area (Å²) in [5, 5.41) is 9.70. The summed E-state index contributed by atoms with van der Waals surface area (Å²) in [6.45, 7) is 2.30. The molecule has 0 aliphatic carbocycles. The van der Waals surface area contributed by atoms with Crippen molar-refractivity contribution >= 4 is 11.3 Å². The van der Waals surface area contributed by atoms with E-state index in [1.165, 1.54) is 0 Å². The molecule has 0 unspecified atom stereocenters. The molecule has 2 heterocycles. The van der Waals surface area contributed by atoms with E-state index < -0.39 is 0 Å². The largest absolute Gasteiger partial charge is 0.419 e. The van der Waals surface area contributed by atoms with Gasteiger partial charge in [-0.2, -0.15) is 0 Å². The minimum absolute atomic E-state index is 0.289. The van der Waals surface area contributed by atoms with Gasteiger partial charge in [0.15, 0.2) is 0 Å². The molecule has 2 aromatic rings. The third kappa shape index (κ3) is 1.48. The van der Waals surface area contributed by atoms with Crippen molar-refractivity contribution in [3.63, 3.8) is 0 Å². The van der Waals surface area contributed by atoms with Crippen LogP contribution in [0, 0.1) is 6.92 Å². The summed E-state index contributed by atoms with van der Waals surface area (Å²) in [5.41, 5.74) is 6.51. The highest BCUT2D eigenvalue weighted by Crippen LogP contribution is 2.27. The zero-order chi connectivity index (χ0) is 9.26. The lowest BCUT2D eigenvalue weighted by atomic mass is 10.3. The van der Waals surface area contributed by atoms with E-state index in [4.69, 9.17) is 10.2 Å². The SMILES string of the molecule is Cc1ccsc1-c1nnc(CN)o1. The summed E-state index contributed by atoms with van der Waals surface area (Å²) in [6, 6.07) is 2.02. The van der Waals surface area contributed by atoms with Gasteiger partial charge < -0.3 is 10.2 Å². The number of hydrogen-bond acceptors (Lipinski definition) is 5. The van der Waals surface area contributed by atoms with Crippen LogP contribution in [0.2, 0.25) is 0 Å². The maximum atomic E-state index is 5.36. The Morgan fingerprint density at radius 3 is 2.92 bits per heavy atom. The van der Waals surface area contributed by atoms with Crippen LogP contribution in [0.1, 0.15) is 11.5 Å². The molecule has 0 aliphatic heterocycles. The van der Waals surface area contributed by atoms with Gasteiger partial charge >= 0.3 is 0 Å². The third-order valence-corrected chi connectivity index (χ3v) is 2.70. The first-order valence-corrected chi connectivity index (χ1v) is 4.76. The lowest BCUT2D eigenvalue weighted by Gasteiger charge is -1.89. The van der Waals surface area contributed by atoms with Crippen molar-refractivity contribution < 1.29 is 4.42 Å². The molecule has 2 aromatic heterocycles. The minimum atomic E-state index is 0.289. The molecule has 0 fully saturated rings. The molecule has 5 heteroatoms. The van der Waals surface area contributed by atoms with Crippen LogP contribution in [0.4, 0.5) is 0 Å². The Morgan fingerprint density at radius 1 is 1.54 bits per heavy atom. The molecule has 2 rings (SSSR count). The van der Waals surface area contributed by atoms with Gasteiger partial charge in [-0.3, -0.25) is 0 Å². The van der Waals surface area contributed by atoms with Crippen molar-refractivity contribution in [2.45, 2.75) is 13.5 Å². The van der Waals surface area contributed by atoms with Crippen molar-refractivity contribution in [1.82, 2.24) is 10.2 Å². The van der Waals surface area contributed by atoms with Crippen molar-refractivity contribution in [2.75, 3.05) is 0 Å². The molecule has 68 valence electrons. The monoisotopic (exact) mass is 195 g/mol. The molecule has 0 amide bonds. The summed E-state index contributed by atoms with van der Waals surface area (Å²) in [6.07, 6.45) is 0. The maximum absolute atomic E-state index is 5.36. The first-order valence-electron chi connectivity index (χ1n) is 3.88. The Morgan fingerprint density at radius 2 is 2.38 bits per heavy atom. The van der Waals surface area contributed by atoms with Gasteiger partial charge in [0.05, 0.1) is 11.4 Å². The predicted molar refractivity (Wildman–Crippen MR) is 50.2 cm³/mol. The Bertz CT molecular complexity index is 407. The fraction of sp³-hybridized carbons (Fsp3) is 0.250. The summed E-state index contributed by atoms with van der Waals surface area (Å²) in [5.74, 6) is 1.04. The Labute approximate surface area is 79.4 Å². The van der Waals surface area contributed by atoms with Gasteiger partial charge in [-0.1, -0.05) is 0 Å². The Kier molecular flexibility index (Phi) is 2.12. The standard InChI is InChI=1S/C8H9N3OS/c1-5-2-3-13-7(5)8-11-10-6(4-9)12-8/h2-3H,4,9H2,1H3. The molecular weight excluding hydrogens is 186 g/mol. The third-order valence-electron chi connectivity index (χ3n) is 1.70. The molecule has 0 spiro atoms. The molecule has 0 bridgehead atoms. The second kappa shape index (κ2) is 3.27. The van der Waals surface area contributed by atoms with Gasteiger partial charge in [0, 0.05) is 0 Å². The zero-order valence-corrected chi connectivity index (χ0v) is 7.97. The van der Waals surface area contributed by atoms with Crippen molar-refractivity contribution in [2.24, 2.45) is 5.73 Å². The molecule has 0 aliphatic rings. The summed E-state index contributed by atoms with van der Waals surface area (Å²) in [7, 11) is 0. The van der Waals surface area contributed by atoms with Crippen molar-refractivity contribution in [1.29, 1.82) is 0 Å². The Hall–Kier alpha value is -1.20. The van der Waals surface area contributed by atoms with Crippen LogP contribution in [0.3, 0.4) is 0 Å². The second-order valence-electron chi connectivity index (χ2n) is 2.64. The average Bonchev–Trinajstić information content (AvgIpc) is 2.71. The number of aromatic nitrogens is 2. The van der Waals surface area contributed by atoms with E-state index in [1.807, 2.05) is 18.4 Å². The van der Waals surface area contributed by atoms with E-state index in [-0.39, 0.29) is 6.54 Å². The first-order chi connectivity index (χ1) is 6.31. The van der Waals surface area contributed by atoms with Crippen LogP contribution in [0.15, 0.2) is 15.9 Å². The molecule has 0 atom stereocenters. The molecule has 0 saturated carbocycles. The Balaban J connectivity index is 2.41. The molecule has 13 heavy (non-hydrogen) atoms. The number of nitrogens with zero attached hydrogens (tertiary/aromatic N) is 2. The fourth-order valence-electron chi connectivity index (χ4n) is 1.02. The molecule has 4 nitrogen and oxygen atoms in total. The lowest BCUT2D eigenvalue weighted by Crippen LogP contribution is -1.95.